The van der Waals surface area contributed by atoms with Crippen molar-refractivity contribution in [3.8, 4) is 0 Å². The SMILES string of the molecule is NC1CCNC(c2cc(F)ccc2Cl)C1. The second-order valence-electron chi connectivity index (χ2n) is 3.96. The summed E-state index contributed by atoms with van der Waals surface area (Å²) in [4.78, 5) is 0. The molecule has 0 bridgehead atoms. The number of hydrogen-bond donors (Lipinski definition) is 2. The van der Waals surface area contributed by atoms with Crippen molar-refractivity contribution in [3.05, 3.63) is 34.6 Å². The minimum absolute atomic E-state index is 0.0805. The number of piperidine rings is 1. The first-order valence-electron chi connectivity index (χ1n) is 5.10. The van der Waals surface area contributed by atoms with Gasteiger partial charge in [-0.25, -0.2) is 4.39 Å². The second-order valence-corrected chi connectivity index (χ2v) is 4.36. The van der Waals surface area contributed by atoms with Gasteiger partial charge in [0.15, 0.2) is 0 Å². The van der Waals surface area contributed by atoms with Crippen LogP contribution in [0.1, 0.15) is 24.4 Å². The molecule has 2 rings (SSSR count). The van der Waals surface area contributed by atoms with Crippen molar-refractivity contribution in [2.45, 2.75) is 24.9 Å². The summed E-state index contributed by atoms with van der Waals surface area (Å²) in [5, 5.41) is 3.90. The van der Waals surface area contributed by atoms with E-state index in [0.717, 1.165) is 24.9 Å². The molecule has 0 aromatic heterocycles. The van der Waals surface area contributed by atoms with Crippen LogP contribution in [0.25, 0.3) is 0 Å². The highest BCUT2D eigenvalue weighted by Gasteiger charge is 2.22. The van der Waals surface area contributed by atoms with E-state index in [4.69, 9.17) is 17.3 Å². The number of nitrogens with two attached hydrogens (primary N) is 1. The molecule has 0 spiro atoms. The third-order valence-electron chi connectivity index (χ3n) is 2.78. The maximum absolute atomic E-state index is 13.1. The zero-order valence-electron chi connectivity index (χ0n) is 8.34. The molecule has 2 atom stereocenters. The van der Waals surface area contributed by atoms with Gasteiger partial charge in [-0.2, -0.15) is 0 Å². The third-order valence-corrected chi connectivity index (χ3v) is 3.12. The molecule has 1 fully saturated rings. The van der Waals surface area contributed by atoms with Gasteiger partial charge in [-0.05, 0) is 43.1 Å². The summed E-state index contributed by atoms with van der Waals surface area (Å²) >= 11 is 6.03. The van der Waals surface area contributed by atoms with Crippen molar-refractivity contribution in [1.29, 1.82) is 0 Å². The summed E-state index contributed by atoms with van der Waals surface area (Å²) < 4.78 is 13.1. The largest absolute Gasteiger partial charge is 0.328 e. The zero-order valence-corrected chi connectivity index (χ0v) is 9.10. The van der Waals surface area contributed by atoms with Crippen molar-refractivity contribution in [3.63, 3.8) is 0 Å². The van der Waals surface area contributed by atoms with E-state index in [-0.39, 0.29) is 17.9 Å². The molecule has 82 valence electrons. The topological polar surface area (TPSA) is 38.0 Å². The molecule has 1 aromatic carbocycles. The van der Waals surface area contributed by atoms with Crippen LogP contribution >= 0.6 is 11.6 Å². The van der Waals surface area contributed by atoms with E-state index >= 15 is 0 Å². The van der Waals surface area contributed by atoms with E-state index in [1.807, 2.05) is 0 Å². The molecule has 4 heteroatoms. The van der Waals surface area contributed by atoms with Gasteiger partial charge in [0.1, 0.15) is 5.82 Å². The van der Waals surface area contributed by atoms with Crippen LogP contribution < -0.4 is 11.1 Å². The van der Waals surface area contributed by atoms with Gasteiger partial charge in [0.05, 0.1) is 0 Å². The molecule has 2 unspecified atom stereocenters. The van der Waals surface area contributed by atoms with E-state index in [1.54, 1.807) is 6.07 Å². The van der Waals surface area contributed by atoms with E-state index in [2.05, 4.69) is 5.32 Å². The number of halogens is 2. The Kier molecular flexibility index (Phi) is 3.24. The molecule has 3 N–H and O–H groups in total. The van der Waals surface area contributed by atoms with Crippen LogP contribution in [0.5, 0.6) is 0 Å². The quantitative estimate of drug-likeness (QED) is 0.774. The fourth-order valence-electron chi connectivity index (χ4n) is 1.97. The second kappa shape index (κ2) is 4.47. The summed E-state index contributed by atoms with van der Waals surface area (Å²) in [6, 6.07) is 4.70. The molecule has 1 heterocycles. The molecular formula is C11H14ClFN2. The van der Waals surface area contributed by atoms with Gasteiger partial charge in [0, 0.05) is 17.1 Å². The van der Waals surface area contributed by atoms with Gasteiger partial charge < -0.3 is 11.1 Å². The molecule has 1 saturated heterocycles. The van der Waals surface area contributed by atoms with Gasteiger partial charge in [-0.1, -0.05) is 11.6 Å². The molecule has 0 radical (unpaired) electrons. The minimum Gasteiger partial charge on any atom is -0.328 e. The molecule has 2 nitrogen and oxygen atoms in total. The Bertz CT molecular complexity index is 356. The fourth-order valence-corrected chi connectivity index (χ4v) is 2.21. The first-order chi connectivity index (χ1) is 7.16. The van der Waals surface area contributed by atoms with E-state index in [0.29, 0.717) is 5.02 Å². The van der Waals surface area contributed by atoms with Gasteiger partial charge >= 0.3 is 0 Å². The highest BCUT2D eigenvalue weighted by atomic mass is 35.5. The fraction of sp³-hybridized carbons (Fsp3) is 0.455. The van der Waals surface area contributed by atoms with Gasteiger partial charge in [-0.15, -0.1) is 0 Å². The van der Waals surface area contributed by atoms with Crippen molar-refractivity contribution in [1.82, 2.24) is 5.32 Å². The average Bonchev–Trinajstić information content (AvgIpc) is 2.22. The Labute approximate surface area is 93.6 Å². The average molecular weight is 229 g/mol. The van der Waals surface area contributed by atoms with Crippen LogP contribution in [0.15, 0.2) is 18.2 Å². The van der Waals surface area contributed by atoms with Crippen molar-refractivity contribution >= 4 is 11.6 Å². The predicted molar refractivity (Wildman–Crippen MR) is 59.4 cm³/mol. The Morgan fingerprint density at radius 3 is 3.00 bits per heavy atom. The first-order valence-corrected chi connectivity index (χ1v) is 5.48. The van der Waals surface area contributed by atoms with Gasteiger partial charge in [0.2, 0.25) is 0 Å². The van der Waals surface area contributed by atoms with Crippen LogP contribution in [-0.2, 0) is 0 Å². The summed E-state index contributed by atoms with van der Waals surface area (Å²) in [5.41, 5.74) is 6.69. The molecule has 1 aromatic rings. The maximum atomic E-state index is 13.1. The van der Waals surface area contributed by atoms with Crippen molar-refractivity contribution in [2.75, 3.05) is 6.54 Å². The summed E-state index contributed by atoms with van der Waals surface area (Å²) in [7, 11) is 0. The number of hydrogen-bond acceptors (Lipinski definition) is 2. The number of rotatable bonds is 1. The zero-order chi connectivity index (χ0) is 10.8. The lowest BCUT2D eigenvalue weighted by molar-refractivity contribution is 0.368. The lowest BCUT2D eigenvalue weighted by Gasteiger charge is -2.28. The Balaban J connectivity index is 2.24. The van der Waals surface area contributed by atoms with Crippen LogP contribution in [-0.4, -0.2) is 12.6 Å². The molecule has 0 aliphatic carbocycles. The van der Waals surface area contributed by atoms with Gasteiger partial charge in [0.25, 0.3) is 0 Å². The third kappa shape index (κ3) is 2.48. The Morgan fingerprint density at radius 1 is 1.47 bits per heavy atom. The highest BCUT2D eigenvalue weighted by Crippen LogP contribution is 2.28. The highest BCUT2D eigenvalue weighted by molar-refractivity contribution is 6.31. The summed E-state index contributed by atoms with van der Waals surface area (Å²) in [6.07, 6.45) is 1.77. The predicted octanol–water partition coefficient (Wildman–Crippen LogP) is 2.23. The molecular weight excluding hydrogens is 215 g/mol. The number of benzene rings is 1. The lowest BCUT2D eigenvalue weighted by Crippen LogP contribution is -2.38. The smallest absolute Gasteiger partial charge is 0.123 e. The molecule has 0 saturated carbocycles. The van der Waals surface area contributed by atoms with Crippen LogP contribution in [0.3, 0.4) is 0 Å². The minimum atomic E-state index is -0.254. The van der Waals surface area contributed by atoms with Crippen LogP contribution in [0.2, 0.25) is 5.02 Å². The van der Waals surface area contributed by atoms with Crippen molar-refractivity contribution in [2.24, 2.45) is 5.73 Å². The van der Waals surface area contributed by atoms with Crippen molar-refractivity contribution < 1.29 is 4.39 Å². The Hall–Kier alpha value is -0.640. The van der Waals surface area contributed by atoms with E-state index in [1.165, 1.54) is 12.1 Å². The summed E-state index contributed by atoms with van der Waals surface area (Å²) in [5.74, 6) is -0.254. The maximum Gasteiger partial charge on any atom is 0.123 e. The first kappa shape index (κ1) is 10.9. The van der Waals surface area contributed by atoms with Crippen LogP contribution in [0.4, 0.5) is 4.39 Å². The van der Waals surface area contributed by atoms with Gasteiger partial charge in [-0.3, -0.25) is 0 Å². The Morgan fingerprint density at radius 2 is 2.27 bits per heavy atom. The molecule has 15 heavy (non-hydrogen) atoms. The lowest BCUT2D eigenvalue weighted by atomic mass is 9.94. The molecule has 0 amide bonds. The number of nitrogens with one attached hydrogen (secondary N) is 1. The normalized spacial score (nSPS) is 26.6. The molecule has 1 aliphatic rings. The standard InChI is InChI=1S/C11H14ClFN2/c12-10-2-1-7(13)5-9(10)11-6-8(14)3-4-15-11/h1-2,5,8,11,15H,3-4,6,14H2. The van der Waals surface area contributed by atoms with Crippen LogP contribution in [0, 0.1) is 5.82 Å². The van der Waals surface area contributed by atoms with E-state index in [9.17, 15) is 4.39 Å². The monoisotopic (exact) mass is 228 g/mol. The molecule has 1 aliphatic heterocycles. The van der Waals surface area contributed by atoms with E-state index < -0.39 is 0 Å². The summed E-state index contributed by atoms with van der Waals surface area (Å²) in [6.45, 7) is 0.860.